The van der Waals surface area contributed by atoms with Gasteiger partial charge in [0.25, 0.3) is 0 Å². The van der Waals surface area contributed by atoms with Crippen molar-refractivity contribution in [1.82, 2.24) is 0 Å². The van der Waals surface area contributed by atoms with E-state index in [2.05, 4.69) is 4.99 Å². The molecule has 0 radical (unpaired) electrons. The van der Waals surface area contributed by atoms with E-state index in [0.29, 0.717) is 0 Å². The summed E-state index contributed by atoms with van der Waals surface area (Å²) >= 11 is 6.03. The lowest BCUT2D eigenvalue weighted by molar-refractivity contribution is 1.44. The van der Waals surface area contributed by atoms with Gasteiger partial charge < -0.3 is 0 Å². The van der Waals surface area contributed by atoms with Crippen molar-refractivity contribution in [3.63, 3.8) is 0 Å². The zero-order valence-corrected chi connectivity index (χ0v) is 9.78. The molecule has 0 saturated carbocycles. The van der Waals surface area contributed by atoms with E-state index in [1.165, 1.54) is 0 Å². The van der Waals surface area contributed by atoms with Crippen LogP contribution in [0.4, 0.5) is 5.69 Å². The molecule has 0 aliphatic rings. The fourth-order valence-corrected chi connectivity index (χ4v) is 1.60. The molecule has 2 aromatic carbocycles. The summed E-state index contributed by atoms with van der Waals surface area (Å²) in [7, 11) is 0. The summed E-state index contributed by atoms with van der Waals surface area (Å²) in [6.07, 6.45) is 1.84. The van der Waals surface area contributed by atoms with Gasteiger partial charge >= 0.3 is 0 Å². The fourth-order valence-electron chi connectivity index (χ4n) is 1.42. The Balaban J connectivity index is 2.28. The Bertz CT molecular complexity index is 503. The second-order valence-electron chi connectivity index (χ2n) is 3.55. The molecular weight excluding hydrogens is 218 g/mol. The lowest BCUT2D eigenvalue weighted by atomic mass is 10.1. The number of para-hydroxylation sites is 1. The van der Waals surface area contributed by atoms with Crippen molar-refractivity contribution >= 4 is 23.5 Å². The number of hydrogen-bond donors (Lipinski definition) is 0. The predicted octanol–water partition coefficient (Wildman–Crippen LogP) is 4.40. The Hall–Kier alpha value is -1.60. The van der Waals surface area contributed by atoms with Crippen LogP contribution in [0.2, 0.25) is 5.02 Å². The molecule has 0 N–H and O–H groups in total. The first-order chi connectivity index (χ1) is 7.77. The van der Waals surface area contributed by atoms with E-state index < -0.39 is 0 Å². The summed E-state index contributed by atoms with van der Waals surface area (Å²) < 4.78 is 0. The minimum absolute atomic E-state index is 0.775. The minimum Gasteiger partial charge on any atom is -0.256 e. The van der Waals surface area contributed by atoms with Crippen molar-refractivity contribution in [3.05, 3.63) is 64.7 Å². The van der Waals surface area contributed by atoms with Gasteiger partial charge in [-0.05, 0) is 36.2 Å². The van der Waals surface area contributed by atoms with Crippen molar-refractivity contribution < 1.29 is 0 Å². The van der Waals surface area contributed by atoms with Crippen molar-refractivity contribution in [1.29, 1.82) is 0 Å². The molecule has 0 saturated heterocycles. The van der Waals surface area contributed by atoms with Crippen LogP contribution in [0.3, 0.4) is 0 Å². The van der Waals surface area contributed by atoms with Crippen molar-refractivity contribution in [2.45, 2.75) is 6.92 Å². The zero-order chi connectivity index (χ0) is 11.4. The highest BCUT2D eigenvalue weighted by Crippen LogP contribution is 2.18. The van der Waals surface area contributed by atoms with E-state index in [1.807, 2.05) is 61.7 Å². The highest BCUT2D eigenvalue weighted by Gasteiger charge is 1.98. The molecule has 2 rings (SSSR count). The molecule has 2 aromatic rings. The van der Waals surface area contributed by atoms with Crippen LogP contribution in [0.15, 0.2) is 53.5 Å². The van der Waals surface area contributed by atoms with Gasteiger partial charge in [0, 0.05) is 11.2 Å². The largest absolute Gasteiger partial charge is 0.256 e. The Labute approximate surface area is 100 Å². The monoisotopic (exact) mass is 229 g/mol. The van der Waals surface area contributed by atoms with Gasteiger partial charge in [-0.25, -0.2) is 0 Å². The summed E-state index contributed by atoms with van der Waals surface area (Å²) in [5, 5.41) is 0.775. The second-order valence-corrected chi connectivity index (χ2v) is 3.96. The lowest BCUT2D eigenvalue weighted by Crippen LogP contribution is -1.86. The van der Waals surface area contributed by atoms with E-state index >= 15 is 0 Å². The van der Waals surface area contributed by atoms with Crippen LogP contribution in [0.5, 0.6) is 0 Å². The Morgan fingerprint density at radius 3 is 2.50 bits per heavy atom. The molecule has 80 valence electrons. The first-order valence-electron chi connectivity index (χ1n) is 5.11. The molecule has 0 amide bonds. The molecule has 0 unspecified atom stereocenters. The maximum Gasteiger partial charge on any atom is 0.0629 e. The van der Waals surface area contributed by atoms with Gasteiger partial charge in [0.15, 0.2) is 0 Å². The smallest absolute Gasteiger partial charge is 0.0629 e. The van der Waals surface area contributed by atoms with Crippen LogP contribution in [0.25, 0.3) is 0 Å². The Morgan fingerprint density at radius 2 is 1.75 bits per heavy atom. The zero-order valence-electron chi connectivity index (χ0n) is 9.02. The highest BCUT2D eigenvalue weighted by molar-refractivity contribution is 6.31. The van der Waals surface area contributed by atoms with Crippen LogP contribution in [0, 0.1) is 6.92 Å². The van der Waals surface area contributed by atoms with Crippen LogP contribution < -0.4 is 0 Å². The first kappa shape index (κ1) is 10.9. The molecular formula is C14H12ClN. The number of hydrogen-bond acceptors (Lipinski definition) is 1. The number of nitrogens with zero attached hydrogens (tertiary/aromatic N) is 1. The molecule has 2 heteroatoms. The molecule has 0 aromatic heterocycles. The molecule has 0 atom stereocenters. The molecule has 1 nitrogen and oxygen atoms in total. The van der Waals surface area contributed by atoms with Crippen LogP contribution >= 0.6 is 11.6 Å². The van der Waals surface area contributed by atoms with Crippen molar-refractivity contribution in [2.24, 2.45) is 4.99 Å². The summed E-state index contributed by atoms with van der Waals surface area (Å²) in [5.74, 6) is 0. The second kappa shape index (κ2) is 4.95. The van der Waals surface area contributed by atoms with Gasteiger partial charge in [0.2, 0.25) is 0 Å². The third kappa shape index (κ3) is 2.50. The third-order valence-electron chi connectivity index (χ3n) is 2.42. The number of benzene rings is 2. The minimum atomic E-state index is 0.775. The molecule has 0 aliphatic carbocycles. The highest BCUT2D eigenvalue weighted by atomic mass is 35.5. The maximum absolute atomic E-state index is 6.03. The molecule has 0 bridgehead atoms. The SMILES string of the molecule is Cc1c(Cl)cccc1C=Nc1ccccc1. The summed E-state index contributed by atoms with van der Waals surface area (Å²) in [5.41, 5.74) is 3.06. The quantitative estimate of drug-likeness (QED) is 0.677. The molecule has 0 heterocycles. The molecule has 16 heavy (non-hydrogen) atoms. The van der Waals surface area contributed by atoms with Crippen LogP contribution in [-0.2, 0) is 0 Å². The van der Waals surface area contributed by atoms with E-state index in [1.54, 1.807) is 0 Å². The van der Waals surface area contributed by atoms with Crippen molar-refractivity contribution in [2.75, 3.05) is 0 Å². The summed E-state index contributed by atoms with van der Waals surface area (Å²) in [6, 6.07) is 15.7. The average Bonchev–Trinajstić information content (AvgIpc) is 2.32. The molecule has 0 spiro atoms. The average molecular weight is 230 g/mol. The first-order valence-corrected chi connectivity index (χ1v) is 5.49. The van der Waals surface area contributed by atoms with Gasteiger partial charge in [-0.1, -0.05) is 41.9 Å². The number of halogens is 1. The third-order valence-corrected chi connectivity index (χ3v) is 2.83. The van der Waals surface area contributed by atoms with E-state index in [-0.39, 0.29) is 0 Å². The summed E-state index contributed by atoms with van der Waals surface area (Å²) in [6.45, 7) is 1.99. The number of rotatable bonds is 2. The molecule has 0 fully saturated rings. The predicted molar refractivity (Wildman–Crippen MR) is 69.9 cm³/mol. The van der Waals surface area contributed by atoms with Crippen LogP contribution in [0.1, 0.15) is 11.1 Å². The molecule has 0 aliphatic heterocycles. The Morgan fingerprint density at radius 1 is 1.00 bits per heavy atom. The van der Waals surface area contributed by atoms with Crippen molar-refractivity contribution in [3.8, 4) is 0 Å². The van der Waals surface area contributed by atoms with E-state index in [9.17, 15) is 0 Å². The maximum atomic E-state index is 6.03. The van der Waals surface area contributed by atoms with Gasteiger partial charge in [-0.15, -0.1) is 0 Å². The van der Waals surface area contributed by atoms with Gasteiger partial charge in [-0.3, -0.25) is 4.99 Å². The topological polar surface area (TPSA) is 12.4 Å². The van der Waals surface area contributed by atoms with Crippen LogP contribution in [-0.4, -0.2) is 6.21 Å². The van der Waals surface area contributed by atoms with E-state index in [4.69, 9.17) is 11.6 Å². The van der Waals surface area contributed by atoms with Gasteiger partial charge in [0.1, 0.15) is 0 Å². The fraction of sp³-hybridized carbons (Fsp3) is 0.0714. The normalized spacial score (nSPS) is 10.9. The summed E-state index contributed by atoms with van der Waals surface area (Å²) in [4.78, 5) is 4.39. The van der Waals surface area contributed by atoms with Gasteiger partial charge in [-0.2, -0.15) is 0 Å². The number of aliphatic imine (C=N–C) groups is 1. The lowest BCUT2D eigenvalue weighted by Gasteiger charge is -2.01. The standard InChI is InChI=1S/C14H12ClN/c1-11-12(6-5-9-14(11)15)10-16-13-7-3-2-4-8-13/h2-10H,1H3. The Kier molecular flexibility index (Phi) is 3.37. The van der Waals surface area contributed by atoms with Gasteiger partial charge in [0.05, 0.1) is 5.69 Å². The van der Waals surface area contributed by atoms with E-state index in [0.717, 1.165) is 21.8 Å².